The SMILES string of the molecule is O=S(=O)(NCC1(O)CCCC1)c1cncc(F)c1. The number of halogens is 1. The van der Waals surface area contributed by atoms with Crippen LogP contribution in [-0.4, -0.2) is 30.7 Å². The van der Waals surface area contributed by atoms with Gasteiger partial charge in [0, 0.05) is 12.7 Å². The van der Waals surface area contributed by atoms with Crippen LogP contribution in [-0.2, 0) is 10.0 Å². The van der Waals surface area contributed by atoms with Crippen LogP contribution in [0.2, 0.25) is 0 Å². The molecule has 0 radical (unpaired) electrons. The van der Waals surface area contributed by atoms with Crippen LogP contribution in [0.1, 0.15) is 25.7 Å². The number of aliphatic hydroxyl groups is 1. The second-order valence-corrected chi connectivity index (χ2v) is 6.36. The van der Waals surface area contributed by atoms with E-state index in [1.54, 1.807) is 0 Å². The molecular weight excluding hydrogens is 259 g/mol. The van der Waals surface area contributed by atoms with E-state index >= 15 is 0 Å². The maximum absolute atomic E-state index is 12.9. The lowest BCUT2D eigenvalue weighted by Gasteiger charge is -2.22. The Bertz CT molecular complexity index is 527. The lowest BCUT2D eigenvalue weighted by Crippen LogP contribution is -2.40. The normalized spacial score (nSPS) is 19.0. The predicted molar refractivity (Wildman–Crippen MR) is 62.8 cm³/mol. The highest BCUT2D eigenvalue weighted by Gasteiger charge is 2.32. The molecule has 0 saturated heterocycles. The predicted octanol–water partition coefficient (Wildman–Crippen LogP) is 0.804. The average molecular weight is 274 g/mol. The summed E-state index contributed by atoms with van der Waals surface area (Å²) in [6.07, 6.45) is 4.95. The number of sulfonamides is 1. The van der Waals surface area contributed by atoms with Crippen molar-refractivity contribution < 1.29 is 17.9 Å². The number of nitrogens with one attached hydrogen (secondary N) is 1. The summed E-state index contributed by atoms with van der Waals surface area (Å²) >= 11 is 0. The van der Waals surface area contributed by atoms with Crippen molar-refractivity contribution in [2.24, 2.45) is 0 Å². The van der Waals surface area contributed by atoms with Gasteiger partial charge in [0.1, 0.15) is 10.7 Å². The molecule has 18 heavy (non-hydrogen) atoms. The lowest BCUT2D eigenvalue weighted by molar-refractivity contribution is 0.0532. The van der Waals surface area contributed by atoms with E-state index in [4.69, 9.17) is 0 Å². The standard InChI is InChI=1S/C11H15FN2O3S/c12-9-5-10(7-13-6-9)18(16,17)14-8-11(15)3-1-2-4-11/h5-7,14-15H,1-4,8H2. The second kappa shape index (κ2) is 4.91. The first-order valence-corrected chi connectivity index (χ1v) is 7.22. The van der Waals surface area contributed by atoms with Crippen molar-refractivity contribution in [1.82, 2.24) is 9.71 Å². The molecule has 0 unspecified atom stereocenters. The maximum Gasteiger partial charge on any atom is 0.242 e. The molecule has 1 aliphatic rings. The first-order valence-electron chi connectivity index (χ1n) is 5.74. The molecule has 0 aliphatic heterocycles. The number of hydrogen-bond acceptors (Lipinski definition) is 4. The molecule has 5 nitrogen and oxygen atoms in total. The summed E-state index contributed by atoms with van der Waals surface area (Å²) in [5.74, 6) is -0.711. The third-order valence-electron chi connectivity index (χ3n) is 3.12. The molecule has 7 heteroatoms. The van der Waals surface area contributed by atoms with Crippen molar-refractivity contribution in [3.05, 3.63) is 24.3 Å². The topological polar surface area (TPSA) is 79.3 Å². The largest absolute Gasteiger partial charge is 0.389 e. The first-order chi connectivity index (χ1) is 8.41. The summed E-state index contributed by atoms with van der Waals surface area (Å²) in [4.78, 5) is 3.26. The number of rotatable bonds is 4. The van der Waals surface area contributed by atoms with Crippen molar-refractivity contribution in [2.45, 2.75) is 36.2 Å². The van der Waals surface area contributed by atoms with E-state index in [0.717, 1.165) is 31.3 Å². The summed E-state index contributed by atoms with van der Waals surface area (Å²) in [5, 5.41) is 10.0. The zero-order chi connectivity index (χ0) is 13.2. The molecule has 0 aromatic carbocycles. The van der Waals surface area contributed by atoms with Gasteiger partial charge in [-0.1, -0.05) is 12.8 Å². The molecule has 0 bridgehead atoms. The Labute approximate surface area is 105 Å². The van der Waals surface area contributed by atoms with Gasteiger partial charge in [-0.25, -0.2) is 17.5 Å². The summed E-state index contributed by atoms with van der Waals surface area (Å²) in [5.41, 5.74) is -0.978. The second-order valence-electron chi connectivity index (χ2n) is 4.59. The van der Waals surface area contributed by atoms with Crippen LogP contribution < -0.4 is 4.72 Å². The van der Waals surface area contributed by atoms with Crippen molar-refractivity contribution >= 4 is 10.0 Å². The minimum Gasteiger partial charge on any atom is -0.389 e. The minimum atomic E-state index is -3.82. The molecule has 1 saturated carbocycles. The van der Waals surface area contributed by atoms with Gasteiger partial charge >= 0.3 is 0 Å². The molecule has 1 fully saturated rings. The van der Waals surface area contributed by atoms with Gasteiger partial charge in [0.15, 0.2) is 0 Å². The van der Waals surface area contributed by atoms with E-state index in [2.05, 4.69) is 9.71 Å². The van der Waals surface area contributed by atoms with Gasteiger partial charge in [0.2, 0.25) is 10.0 Å². The molecular formula is C11H15FN2O3S. The molecule has 0 spiro atoms. The van der Waals surface area contributed by atoms with Crippen LogP contribution in [0.3, 0.4) is 0 Å². The smallest absolute Gasteiger partial charge is 0.242 e. The number of pyridine rings is 1. The highest BCUT2D eigenvalue weighted by Crippen LogP contribution is 2.28. The van der Waals surface area contributed by atoms with Gasteiger partial charge in [-0.15, -0.1) is 0 Å². The van der Waals surface area contributed by atoms with E-state index in [1.807, 2.05) is 0 Å². The Balaban J connectivity index is 2.08. The van der Waals surface area contributed by atoms with Crippen LogP contribution in [0.4, 0.5) is 4.39 Å². The molecule has 0 atom stereocenters. The van der Waals surface area contributed by atoms with Gasteiger partial charge in [0.05, 0.1) is 11.8 Å². The number of nitrogens with zero attached hydrogens (tertiary/aromatic N) is 1. The Morgan fingerprint density at radius 2 is 2.06 bits per heavy atom. The third-order valence-corrected chi connectivity index (χ3v) is 4.48. The highest BCUT2D eigenvalue weighted by molar-refractivity contribution is 7.89. The Morgan fingerprint density at radius 3 is 2.67 bits per heavy atom. The fraction of sp³-hybridized carbons (Fsp3) is 0.545. The zero-order valence-electron chi connectivity index (χ0n) is 9.76. The summed E-state index contributed by atoms with van der Waals surface area (Å²) in [7, 11) is -3.82. The monoisotopic (exact) mass is 274 g/mol. The lowest BCUT2D eigenvalue weighted by atomic mass is 10.0. The Hall–Kier alpha value is -1.05. The Kier molecular flexibility index (Phi) is 3.65. The third kappa shape index (κ3) is 3.04. The van der Waals surface area contributed by atoms with Crippen LogP contribution in [0.15, 0.2) is 23.4 Å². The van der Waals surface area contributed by atoms with Gasteiger partial charge in [-0.3, -0.25) is 4.98 Å². The molecule has 1 heterocycles. The van der Waals surface area contributed by atoms with Crippen molar-refractivity contribution in [2.75, 3.05) is 6.54 Å². The fourth-order valence-electron chi connectivity index (χ4n) is 2.06. The van der Waals surface area contributed by atoms with Crippen molar-refractivity contribution in [3.8, 4) is 0 Å². The van der Waals surface area contributed by atoms with E-state index < -0.39 is 21.4 Å². The zero-order valence-corrected chi connectivity index (χ0v) is 10.6. The van der Waals surface area contributed by atoms with E-state index in [0.29, 0.717) is 12.8 Å². The van der Waals surface area contributed by atoms with Crippen LogP contribution in [0.25, 0.3) is 0 Å². The molecule has 0 amide bonds. The Morgan fingerprint density at radius 1 is 1.39 bits per heavy atom. The number of aromatic nitrogens is 1. The molecule has 100 valence electrons. The fourth-order valence-corrected chi connectivity index (χ4v) is 3.15. The minimum absolute atomic E-state index is 0.0498. The van der Waals surface area contributed by atoms with Gasteiger partial charge in [-0.2, -0.15) is 0 Å². The quantitative estimate of drug-likeness (QED) is 0.851. The average Bonchev–Trinajstić information content (AvgIpc) is 2.75. The van der Waals surface area contributed by atoms with E-state index in [9.17, 15) is 17.9 Å². The van der Waals surface area contributed by atoms with Gasteiger partial charge < -0.3 is 5.11 Å². The first kappa shape index (κ1) is 13.4. The van der Waals surface area contributed by atoms with Crippen LogP contribution in [0.5, 0.6) is 0 Å². The van der Waals surface area contributed by atoms with E-state index in [-0.39, 0.29) is 11.4 Å². The molecule has 2 rings (SSSR count). The summed E-state index contributed by atoms with van der Waals surface area (Å²) < 4.78 is 38.9. The van der Waals surface area contributed by atoms with Crippen LogP contribution >= 0.6 is 0 Å². The molecule has 1 aliphatic carbocycles. The number of hydrogen-bond donors (Lipinski definition) is 2. The van der Waals surface area contributed by atoms with Crippen molar-refractivity contribution in [3.63, 3.8) is 0 Å². The summed E-state index contributed by atoms with van der Waals surface area (Å²) in [6, 6.07) is 0.897. The molecule has 1 aromatic heterocycles. The van der Waals surface area contributed by atoms with E-state index in [1.165, 1.54) is 0 Å². The van der Waals surface area contributed by atoms with Crippen molar-refractivity contribution in [1.29, 1.82) is 0 Å². The van der Waals surface area contributed by atoms with Crippen LogP contribution in [0, 0.1) is 5.82 Å². The van der Waals surface area contributed by atoms with Gasteiger partial charge in [-0.05, 0) is 18.9 Å². The molecule has 1 aromatic rings. The molecule has 2 N–H and O–H groups in total. The van der Waals surface area contributed by atoms with Gasteiger partial charge in [0.25, 0.3) is 0 Å². The highest BCUT2D eigenvalue weighted by atomic mass is 32.2. The maximum atomic E-state index is 12.9. The summed E-state index contributed by atoms with van der Waals surface area (Å²) in [6.45, 7) is -0.0498.